The molecule has 8 heteroatoms. The van der Waals surface area contributed by atoms with E-state index >= 15 is 0 Å². The summed E-state index contributed by atoms with van der Waals surface area (Å²) >= 11 is 0. The van der Waals surface area contributed by atoms with Gasteiger partial charge in [0.2, 0.25) is 0 Å². The molecule has 0 saturated carbocycles. The molecule has 2 heterocycles. The van der Waals surface area contributed by atoms with Crippen molar-refractivity contribution in [1.82, 2.24) is 18.7 Å². The summed E-state index contributed by atoms with van der Waals surface area (Å²) in [5, 5.41) is 0. The van der Waals surface area contributed by atoms with Gasteiger partial charge in [-0.05, 0) is 24.6 Å². The smallest absolute Gasteiger partial charge is 0.333 e. The third-order valence-electron chi connectivity index (χ3n) is 4.92. The lowest BCUT2D eigenvalue weighted by atomic mass is 10.2. The highest BCUT2D eigenvalue weighted by Gasteiger charge is 2.18. The fourth-order valence-electron chi connectivity index (χ4n) is 3.39. The Hall–Kier alpha value is -3.68. The van der Waals surface area contributed by atoms with Crippen LogP contribution < -0.4 is 16.0 Å². The van der Waals surface area contributed by atoms with E-state index in [4.69, 9.17) is 4.74 Å². The molecule has 0 fully saturated rings. The Bertz CT molecular complexity index is 1290. The van der Waals surface area contributed by atoms with Crippen LogP contribution in [0.25, 0.3) is 11.2 Å². The van der Waals surface area contributed by atoms with Crippen LogP contribution in [0.15, 0.2) is 70.5 Å². The predicted molar refractivity (Wildman–Crippen MR) is 111 cm³/mol. The maximum atomic E-state index is 13.8. The molecule has 2 aromatic heterocycles. The number of rotatable bonds is 7. The Morgan fingerprint density at radius 1 is 1.00 bits per heavy atom. The number of para-hydroxylation sites is 1. The minimum atomic E-state index is -0.495. The van der Waals surface area contributed by atoms with Gasteiger partial charge in [-0.3, -0.25) is 13.9 Å². The average molecular weight is 408 g/mol. The zero-order valence-corrected chi connectivity index (χ0v) is 16.5. The maximum Gasteiger partial charge on any atom is 0.333 e. The molecule has 0 aliphatic heterocycles. The Balaban J connectivity index is 1.74. The number of imidazole rings is 1. The quantitative estimate of drug-likeness (QED) is 0.471. The molecule has 0 radical (unpaired) electrons. The lowest BCUT2D eigenvalue weighted by Gasteiger charge is -2.13. The Morgan fingerprint density at radius 2 is 1.73 bits per heavy atom. The lowest BCUT2D eigenvalue weighted by molar-refractivity contribution is 0.279. The van der Waals surface area contributed by atoms with Crippen molar-refractivity contribution >= 4 is 11.2 Å². The molecule has 0 aliphatic carbocycles. The number of nitrogens with zero attached hydrogens (tertiary/aromatic N) is 4. The fraction of sp³-hybridized carbons (Fsp3) is 0.227. The van der Waals surface area contributed by atoms with Gasteiger partial charge < -0.3 is 9.30 Å². The minimum Gasteiger partial charge on any atom is -0.489 e. The van der Waals surface area contributed by atoms with Crippen LogP contribution in [0.3, 0.4) is 0 Å². The second-order valence-corrected chi connectivity index (χ2v) is 6.79. The molecule has 0 N–H and O–H groups in total. The van der Waals surface area contributed by atoms with Gasteiger partial charge in [0.05, 0.1) is 19.4 Å². The summed E-state index contributed by atoms with van der Waals surface area (Å²) in [6.07, 6.45) is 1.56. The maximum absolute atomic E-state index is 13.8. The number of aromatic nitrogens is 4. The molecular weight excluding hydrogens is 387 g/mol. The van der Waals surface area contributed by atoms with Gasteiger partial charge >= 0.3 is 5.69 Å². The van der Waals surface area contributed by atoms with Gasteiger partial charge in [-0.15, -0.1) is 0 Å². The molecule has 154 valence electrons. The molecule has 30 heavy (non-hydrogen) atoms. The third-order valence-corrected chi connectivity index (χ3v) is 4.92. The molecule has 0 spiro atoms. The topological polar surface area (TPSA) is 71.1 Å². The first-order valence-electron chi connectivity index (χ1n) is 9.70. The number of fused-ring (bicyclic) bond motifs is 1. The van der Waals surface area contributed by atoms with Crippen LogP contribution in [0, 0.1) is 5.82 Å². The van der Waals surface area contributed by atoms with Crippen LogP contribution in [0.5, 0.6) is 5.75 Å². The van der Waals surface area contributed by atoms with Gasteiger partial charge in [0.15, 0.2) is 22.7 Å². The Morgan fingerprint density at radius 3 is 2.47 bits per heavy atom. The van der Waals surface area contributed by atoms with Crippen LogP contribution >= 0.6 is 0 Å². The van der Waals surface area contributed by atoms with Crippen molar-refractivity contribution in [3.05, 3.63) is 93.1 Å². The van der Waals surface area contributed by atoms with Crippen molar-refractivity contribution in [2.45, 2.75) is 26.6 Å². The highest BCUT2D eigenvalue weighted by Crippen LogP contribution is 2.15. The first kappa shape index (κ1) is 19.6. The first-order valence-corrected chi connectivity index (χ1v) is 9.70. The number of aryl methyl sites for hydroxylation is 1. The molecule has 0 unspecified atom stereocenters. The summed E-state index contributed by atoms with van der Waals surface area (Å²) in [5.41, 5.74) is 0.714. The second-order valence-electron chi connectivity index (χ2n) is 6.79. The highest BCUT2D eigenvalue weighted by molar-refractivity contribution is 5.70. The molecule has 0 aliphatic rings. The summed E-state index contributed by atoms with van der Waals surface area (Å²) in [7, 11) is 0. The van der Waals surface area contributed by atoms with E-state index in [1.807, 2.05) is 37.3 Å². The molecular formula is C22H21FN4O3. The monoisotopic (exact) mass is 408 g/mol. The summed E-state index contributed by atoms with van der Waals surface area (Å²) in [6, 6.07) is 15.5. The third kappa shape index (κ3) is 3.63. The van der Waals surface area contributed by atoms with Gasteiger partial charge in [-0.25, -0.2) is 14.2 Å². The van der Waals surface area contributed by atoms with Crippen LogP contribution in [0.1, 0.15) is 12.5 Å². The molecule has 4 aromatic rings. The summed E-state index contributed by atoms with van der Waals surface area (Å²) in [4.78, 5) is 30.5. The standard InChI is InChI=1S/C22H21FN4O3/c1-2-25-15-24-20-19(25)21(28)26(12-13-30-18-11-7-6-10-17(18)23)22(29)27(20)14-16-8-4-3-5-9-16/h3-11,15H,2,12-14H2,1H3. The van der Waals surface area contributed by atoms with Crippen molar-refractivity contribution in [1.29, 1.82) is 0 Å². The van der Waals surface area contributed by atoms with Gasteiger partial charge in [0.25, 0.3) is 5.56 Å². The van der Waals surface area contributed by atoms with Crippen LogP contribution in [0.4, 0.5) is 4.39 Å². The van der Waals surface area contributed by atoms with Crippen molar-refractivity contribution in [3.63, 3.8) is 0 Å². The van der Waals surface area contributed by atoms with E-state index in [9.17, 15) is 14.0 Å². The first-order chi connectivity index (χ1) is 14.6. The zero-order valence-electron chi connectivity index (χ0n) is 16.5. The van der Waals surface area contributed by atoms with Gasteiger partial charge in [-0.1, -0.05) is 42.5 Å². The Labute approximate surface area is 171 Å². The van der Waals surface area contributed by atoms with Gasteiger partial charge in [0.1, 0.15) is 6.61 Å². The molecule has 2 aromatic carbocycles. The number of hydrogen-bond acceptors (Lipinski definition) is 4. The van der Waals surface area contributed by atoms with Crippen LogP contribution in [-0.2, 0) is 19.6 Å². The fourth-order valence-corrected chi connectivity index (χ4v) is 3.39. The number of hydrogen-bond donors (Lipinski definition) is 0. The minimum absolute atomic E-state index is 0.00831. The van der Waals surface area contributed by atoms with Crippen LogP contribution in [-0.4, -0.2) is 25.3 Å². The Kier molecular flexibility index (Phi) is 5.47. The molecule has 7 nitrogen and oxygen atoms in total. The molecule has 4 rings (SSSR count). The van der Waals surface area contributed by atoms with Gasteiger partial charge in [-0.2, -0.15) is 0 Å². The molecule has 0 amide bonds. The molecule has 0 bridgehead atoms. The van der Waals surface area contributed by atoms with E-state index in [0.29, 0.717) is 17.7 Å². The van der Waals surface area contributed by atoms with E-state index in [2.05, 4.69) is 4.98 Å². The number of benzene rings is 2. The second kappa shape index (κ2) is 8.36. The average Bonchev–Trinajstić information content (AvgIpc) is 3.20. The lowest BCUT2D eigenvalue weighted by Crippen LogP contribution is -2.42. The van der Waals surface area contributed by atoms with Gasteiger partial charge in [0, 0.05) is 6.54 Å². The van der Waals surface area contributed by atoms with Crippen LogP contribution in [0.2, 0.25) is 0 Å². The summed E-state index contributed by atoms with van der Waals surface area (Å²) in [6.45, 7) is 2.70. The summed E-state index contributed by atoms with van der Waals surface area (Å²) in [5.74, 6) is -0.416. The van der Waals surface area contributed by atoms with E-state index in [-0.39, 0.29) is 25.4 Å². The number of ether oxygens (including phenoxy) is 1. The molecule has 0 saturated heterocycles. The van der Waals surface area contributed by atoms with Crippen molar-refractivity contribution < 1.29 is 9.13 Å². The van der Waals surface area contributed by atoms with E-state index in [1.54, 1.807) is 23.0 Å². The molecule has 0 atom stereocenters. The van der Waals surface area contributed by atoms with E-state index in [1.165, 1.54) is 16.7 Å². The van der Waals surface area contributed by atoms with E-state index in [0.717, 1.165) is 10.1 Å². The zero-order chi connectivity index (χ0) is 21.1. The van der Waals surface area contributed by atoms with Crippen molar-refractivity contribution in [2.24, 2.45) is 0 Å². The van der Waals surface area contributed by atoms with Crippen molar-refractivity contribution in [2.75, 3.05) is 6.61 Å². The summed E-state index contributed by atoms with van der Waals surface area (Å²) < 4.78 is 23.6. The predicted octanol–water partition coefficient (Wildman–Crippen LogP) is 2.65. The van der Waals surface area contributed by atoms with Crippen molar-refractivity contribution in [3.8, 4) is 5.75 Å². The SMILES string of the molecule is CCn1cnc2c1c(=O)n(CCOc1ccccc1F)c(=O)n2Cc1ccccc1. The normalized spacial score (nSPS) is 11.1. The van der Waals surface area contributed by atoms with E-state index < -0.39 is 17.1 Å². The highest BCUT2D eigenvalue weighted by atomic mass is 19.1. The number of halogens is 1. The largest absolute Gasteiger partial charge is 0.489 e.